The maximum atomic E-state index is 13.4. The summed E-state index contributed by atoms with van der Waals surface area (Å²) in [5, 5.41) is 4.46. The molecule has 1 saturated heterocycles. The number of aryl methyl sites for hydroxylation is 1. The van der Waals surface area contributed by atoms with Gasteiger partial charge in [0.25, 0.3) is 0 Å². The standard InChI is InChI=1S/C20H25N3O2/c1-15-12-21-23(13-15)16-6-5-11-22(14-16)19(24)20(9-10-20)17-7-3-4-8-18(17)25-2/h3-4,7-8,12-13,16H,5-6,9-11,14H2,1-2H3/t16-/m1/s1. The second-order valence-corrected chi connectivity index (χ2v) is 7.33. The lowest BCUT2D eigenvalue weighted by molar-refractivity contribution is -0.135. The van der Waals surface area contributed by atoms with E-state index in [0.29, 0.717) is 0 Å². The maximum absolute atomic E-state index is 13.4. The van der Waals surface area contributed by atoms with Crippen LogP contribution >= 0.6 is 0 Å². The Bertz CT molecular complexity index is 779. The number of amides is 1. The first-order valence-electron chi connectivity index (χ1n) is 9.08. The number of aromatic nitrogens is 2. The molecule has 1 aromatic carbocycles. The van der Waals surface area contributed by atoms with Gasteiger partial charge in [-0.05, 0) is 44.2 Å². The highest BCUT2D eigenvalue weighted by Gasteiger charge is 2.54. The minimum absolute atomic E-state index is 0.255. The van der Waals surface area contributed by atoms with E-state index in [0.717, 1.165) is 55.6 Å². The van der Waals surface area contributed by atoms with Crippen LogP contribution in [0.3, 0.4) is 0 Å². The number of piperidine rings is 1. The van der Waals surface area contributed by atoms with Crippen molar-refractivity contribution in [1.29, 1.82) is 0 Å². The van der Waals surface area contributed by atoms with Gasteiger partial charge in [0.2, 0.25) is 5.91 Å². The number of nitrogens with zero attached hydrogens (tertiary/aromatic N) is 3. The first-order valence-corrected chi connectivity index (χ1v) is 9.08. The number of hydrogen-bond donors (Lipinski definition) is 0. The number of likely N-dealkylation sites (tertiary alicyclic amines) is 1. The molecular weight excluding hydrogens is 314 g/mol. The van der Waals surface area contributed by atoms with Gasteiger partial charge in [0.05, 0.1) is 24.8 Å². The number of carbonyl (C=O) groups is 1. The fourth-order valence-corrected chi connectivity index (χ4v) is 4.05. The Balaban J connectivity index is 1.56. The molecule has 2 heterocycles. The first kappa shape index (κ1) is 16.2. The Morgan fingerprint density at radius 1 is 1.32 bits per heavy atom. The van der Waals surface area contributed by atoms with Crippen molar-refractivity contribution in [3.8, 4) is 5.75 Å². The second kappa shape index (κ2) is 6.21. The minimum atomic E-state index is -0.380. The van der Waals surface area contributed by atoms with Crippen molar-refractivity contribution in [2.24, 2.45) is 0 Å². The molecule has 4 rings (SSSR count). The van der Waals surface area contributed by atoms with Crippen LogP contribution in [0.1, 0.15) is 42.9 Å². The van der Waals surface area contributed by atoms with Gasteiger partial charge in [-0.3, -0.25) is 9.48 Å². The highest BCUT2D eigenvalue weighted by molar-refractivity contribution is 5.92. The van der Waals surface area contributed by atoms with Gasteiger partial charge in [0.1, 0.15) is 5.75 Å². The topological polar surface area (TPSA) is 47.4 Å². The molecule has 0 spiro atoms. The van der Waals surface area contributed by atoms with Crippen LogP contribution in [0.5, 0.6) is 5.75 Å². The summed E-state index contributed by atoms with van der Waals surface area (Å²) in [6, 6.07) is 8.23. The molecule has 2 fully saturated rings. The van der Waals surface area contributed by atoms with Crippen LogP contribution in [0.15, 0.2) is 36.7 Å². The van der Waals surface area contributed by atoms with Gasteiger partial charge in [-0.25, -0.2) is 0 Å². The number of methoxy groups -OCH3 is 1. The van der Waals surface area contributed by atoms with Crippen molar-refractivity contribution in [2.45, 2.75) is 44.1 Å². The van der Waals surface area contributed by atoms with E-state index in [4.69, 9.17) is 4.74 Å². The predicted octanol–water partition coefficient (Wildman–Crippen LogP) is 3.10. The average Bonchev–Trinajstić information content (AvgIpc) is 3.35. The van der Waals surface area contributed by atoms with Crippen molar-refractivity contribution >= 4 is 5.91 Å². The third kappa shape index (κ3) is 2.81. The lowest BCUT2D eigenvalue weighted by atomic mass is 9.92. The van der Waals surface area contributed by atoms with Crippen molar-refractivity contribution < 1.29 is 9.53 Å². The Labute approximate surface area is 148 Å². The average molecular weight is 339 g/mol. The SMILES string of the molecule is COc1ccccc1C1(C(=O)N2CCC[C@@H](n3cc(C)cn3)C2)CC1. The zero-order valence-corrected chi connectivity index (χ0v) is 14.9. The summed E-state index contributed by atoms with van der Waals surface area (Å²) in [6.45, 7) is 3.64. The molecule has 1 atom stereocenters. The third-order valence-electron chi connectivity index (χ3n) is 5.57. The minimum Gasteiger partial charge on any atom is -0.496 e. The fraction of sp³-hybridized carbons (Fsp3) is 0.500. The molecule has 2 aliphatic rings. The summed E-state index contributed by atoms with van der Waals surface area (Å²) in [6.07, 6.45) is 7.89. The molecule has 1 aliphatic carbocycles. The Morgan fingerprint density at radius 2 is 2.12 bits per heavy atom. The highest BCUT2D eigenvalue weighted by atomic mass is 16.5. The Kier molecular flexibility index (Phi) is 4.02. The highest BCUT2D eigenvalue weighted by Crippen LogP contribution is 2.52. The van der Waals surface area contributed by atoms with E-state index in [1.54, 1.807) is 7.11 Å². The van der Waals surface area contributed by atoms with Crippen LogP contribution < -0.4 is 4.74 Å². The van der Waals surface area contributed by atoms with E-state index in [9.17, 15) is 4.79 Å². The fourth-order valence-electron chi connectivity index (χ4n) is 4.05. The van der Waals surface area contributed by atoms with Gasteiger partial charge in [-0.1, -0.05) is 18.2 Å². The van der Waals surface area contributed by atoms with Gasteiger partial charge in [0, 0.05) is 24.8 Å². The zero-order valence-electron chi connectivity index (χ0n) is 14.9. The number of benzene rings is 1. The largest absolute Gasteiger partial charge is 0.496 e. The summed E-state index contributed by atoms with van der Waals surface area (Å²) in [5.74, 6) is 1.08. The Morgan fingerprint density at radius 3 is 2.80 bits per heavy atom. The van der Waals surface area contributed by atoms with Gasteiger partial charge in [0.15, 0.2) is 0 Å². The molecule has 0 bridgehead atoms. The Hall–Kier alpha value is -2.30. The smallest absolute Gasteiger partial charge is 0.233 e. The lowest BCUT2D eigenvalue weighted by Crippen LogP contribution is -2.45. The van der Waals surface area contributed by atoms with Crippen LogP contribution in [-0.2, 0) is 10.2 Å². The molecule has 1 saturated carbocycles. The zero-order chi connectivity index (χ0) is 17.4. The van der Waals surface area contributed by atoms with E-state index in [2.05, 4.69) is 18.2 Å². The molecule has 1 amide bonds. The molecule has 0 N–H and O–H groups in total. The van der Waals surface area contributed by atoms with Gasteiger partial charge >= 0.3 is 0 Å². The summed E-state index contributed by atoms with van der Waals surface area (Å²) in [5.41, 5.74) is 1.82. The van der Waals surface area contributed by atoms with E-state index < -0.39 is 0 Å². The quantitative estimate of drug-likeness (QED) is 0.860. The van der Waals surface area contributed by atoms with Gasteiger partial charge in [-0.2, -0.15) is 5.10 Å². The van der Waals surface area contributed by atoms with Crippen molar-refractivity contribution in [2.75, 3.05) is 20.2 Å². The molecule has 25 heavy (non-hydrogen) atoms. The van der Waals surface area contributed by atoms with Crippen LogP contribution in [-0.4, -0.2) is 40.8 Å². The third-order valence-corrected chi connectivity index (χ3v) is 5.57. The lowest BCUT2D eigenvalue weighted by Gasteiger charge is -2.35. The number of hydrogen-bond acceptors (Lipinski definition) is 3. The van der Waals surface area contributed by atoms with E-state index in [1.807, 2.05) is 40.0 Å². The van der Waals surface area contributed by atoms with Crippen LogP contribution in [0.2, 0.25) is 0 Å². The summed E-state index contributed by atoms with van der Waals surface area (Å²) in [4.78, 5) is 15.4. The van der Waals surface area contributed by atoms with Gasteiger partial charge in [-0.15, -0.1) is 0 Å². The molecule has 5 heteroatoms. The normalized spacial score (nSPS) is 21.8. The molecule has 0 radical (unpaired) electrons. The first-order chi connectivity index (χ1) is 12.1. The number of ether oxygens (including phenoxy) is 1. The maximum Gasteiger partial charge on any atom is 0.233 e. The van der Waals surface area contributed by atoms with Crippen LogP contribution in [0.4, 0.5) is 0 Å². The summed E-state index contributed by atoms with van der Waals surface area (Å²) in [7, 11) is 1.68. The van der Waals surface area contributed by atoms with Crippen molar-refractivity contribution in [3.63, 3.8) is 0 Å². The second-order valence-electron chi connectivity index (χ2n) is 7.33. The van der Waals surface area contributed by atoms with E-state index >= 15 is 0 Å². The molecule has 132 valence electrons. The molecule has 2 aromatic rings. The van der Waals surface area contributed by atoms with Crippen LogP contribution in [0, 0.1) is 6.92 Å². The van der Waals surface area contributed by atoms with E-state index in [1.165, 1.54) is 0 Å². The van der Waals surface area contributed by atoms with Crippen LogP contribution in [0.25, 0.3) is 0 Å². The molecule has 1 aliphatic heterocycles. The number of rotatable bonds is 4. The van der Waals surface area contributed by atoms with Crippen molar-refractivity contribution in [3.05, 3.63) is 47.8 Å². The van der Waals surface area contributed by atoms with E-state index in [-0.39, 0.29) is 17.4 Å². The molecule has 5 nitrogen and oxygen atoms in total. The summed E-state index contributed by atoms with van der Waals surface area (Å²) >= 11 is 0. The van der Waals surface area contributed by atoms with Gasteiger partial charge < -0.3 is 9.64 Å². The summed E-state index contributed by atoms with van der Waals surface area (Å²) < 4.78 is 7.54. The van der Waals surface area contributed by atoms with Crippen molar-refractivity contribution in [1.82, 2.24) is 14.7 Å². The number of carbonyl (C=O) groups excluding carboxylic acids is 1. The predicted molar refractivity (Wildman–Crippen MR) is 95.7 cm³/mol. The molecular formula is C20H25N3O2. The molecule has 1 aromatic heterocycles. The molecule has 0 unspecified atom stereocenters. The number of para-hydroxylation sites is 1. The monoisotopic (exact) mass is 339 g/mol.